The van der Waals surface area contributed by atoms with Gasteiger partial charge in [-0.1, -0.05) is 43.9 Å². The van der Waals surface area contributed by atoms with Crippen LogP contribution < -0.4 is 5.63 Å². The van der Waals surface area contributed by atoms with Crippen LogP contribution >= 0.6 is 0 Å². The zero-order valence-electron chi connectivity index (χ0n) is 14.0. The van der Waals surface area contributed by atoms with Gasteiger partial charge in [-0.3, -0.25) is 0 Å². The molecule has 0 saturated heterocycles. The van der Waals surface area contributed by atoms with Crippen LogP contribution in [-0.4, -0.2) is 0 Å². The summed E-state index contributed by atoms with van der Waals surface area (Å²) >= 11 is 0. The van der Waals surface area contributed by atoms with Gasteiger partial charge in [0.15, 0.2) is 0 Å². The summed E-state index contributed by atoms with van der Waals surface area (Å²) in [5, 5.41) is 1.79. The van der Waals surface area contributed by atoms with Gasteiger partial charge in [-0.25, -0.2) is 4.79 Å². The van der Waals surface area contributed by atoms with Crippen molar-refractivity contribution >= 4 is 21.9 Å². The molecule has 0 fully saturated rings. The average molecular weight is 328 g/mol. The number of hydrogen-bond donors (Lipinski definition) is 0. The smallest absolute Gasteiger partial charge is 0.336 e. The van der Waals surface area contributed by atoms with Crippen molar-refractivity contribution in [2.75, 3.05) is 0 Å². The summed E-state index contributed by atoms with van der Waals surface area (Å²) in [6.07, 6.45) is 0. The van der Waals surface area contributed by atoms with Crippen molar-refractivity contribution in [1.29, 1.82) is 0 Å². The van der Waals surface area contributed by atoms with Crippen LogP contribution in [0.1, 0.15) is 36.7 Å². The quantitative estimate of drug-likeness (QED) is 0.362. The average Bonchev–Trinajstić information content (AvgIpc) is 2.96. The fourth-order valence-corrected chi connectivity index (χ4v) is 2.87. The molecular weight excluding hydrogens is 312 g/mol. The third kappa shape index (κ3) is 2.83. The van der Waals surface area contributed by atoms with Crippen molar-refractivity contribution < 1.29 is 8.83 Å². The second-order valence-corrected chi connectivity index (χ2v) is 6.25. The predicted molar refractivity (Wildman–Crippen MR) is 98.8 cm³/mol. The second-order valence-electron chi connectivity index (χ2n) is 6.25. The number of benzene rings is 2. The van der Waals surface area contributed by atoms with E-state index in [1.807, 2.05) is 36.4 Å². The van der Waals surface area contributed by atoms with Gasteiger partial charge in [0.1, 0.15) is 16.9 Å². The topological polar surface area (TPSA) is 43.4 Å². The summed E-state index contributed by atoms with van der Waals surface area (Å²) in [5.41, 5.74) is 2.68. The summed E-state index contributed by atoms with van der Waals surface area (Å²) < 4.78 is 11.3. The third-order valence-corrected chi connectivity index (χ3v) is 4.09. The van der Waals surface area contributed by atoms with Gasteiger partial charge in [0.2, 0.25) is 0 Å². The van der Waals surface area contributed by atoms with E-state index >= 15 is 0 Å². The lowest BCUT2D eigenvalue weighted by Gasteiger charge is -2.00. The molecule has 2 aromatic carbocycles. The lowest BCUT2D eigenvalue weighted by Crippen LogP contribution is -1.93. The molecule has 4 aromatic rings. The van der Waals surface area contributed by atoms with Crippen molar-refractivity contribution in [1.82, 2.24) is 0 Å². The first-order valence-electron chi connectivity index (χ1n) is 8.19. The van der Waals surface area contributed by atoms with E-state index in [1.54, 1.807) is 12.1 Å². The molecule has 2 aromatic heterocycles. The Morgan fingerprint density at radius 3 is 2.44 bits per heavy atom. The largest absolute Gasteiger partial charge is 0.459 e. The predicted octanol–water partition coefficient (Wildman–Crippen LogP) is 5.06. The van der Waals surface area contributed by atoms with E-state index in [-0.39, 0.29) is 11.5 Å². The Morgan fingerprint density at radius 1 is 0.880 bits per heavy atom. The molecule has 0 spiro atoms. The van der Waals surface area contributed by atoms with E-state index in [9.17, 15) is 4.79 Å². The van der Waals surface area contributed by atoms with Gasteiger partial charge in [0.05, 0.1) is 5.56 Å². The number of fused-ring (bicyclic) bond motifs is 2. The van der Waals surface area contributed by atoms with Gasteiger partial charge in [0, 0.05) is 34.4 Å². The van der Waals surface area contributed by atoms with Crippen LogP contribution in [0.5, 0.6) is 0 Å². The van der Waals surface area contributed by atoms with Gasteiger partial charge in [-0.2, -0.15) is 0 Å². The Balaban J connectivity index is 1.97. The second kappa shape index (κ2) is 5.99. The standard InChI is InChI=1S/C22H16O3/c1-14(2)22-17(10-8-15-6-4-3-5-7-15)18-12-16-9-11-21(23)24-19(16)13-20(18)25-22/h3-7,9,11-14H,1-2H3. The summed E-state index contributed by atoms with van der Waals surface area (Å²) in [7, 11) is 0. The van der Waals surface area contributed by atoms with Gasteiger partial charge >= 0.3 is 5.63 Å². The molecule has 3 nitrogen and oxygen atoms in total. The molecule has 0 saturated carbocycles. The van der Waals surface area contributed by atoms with Crippen molar-refractivity contribution in [2.45, 2.75) is 19.8 Å². The maximum atomic E-state index is 11.4. The van der Waals surface area contributed by atoms with Crippen LogP contribution in [0.2, 0.25) is 0 Å². The molecule has 122 valence electrons. The van der Waals surface area contributed by atoms with E-state index in [1.165, 1.54) is 6.07 Å². The highest BCUT2D eigenvalue weighted by Gasteiger charge is 2.17. The normalized spacial score (nSPS) is 11.0. The summed E-state index contributed by atoms with van der Waals surface area (Å²) in [4.78, 5) is 11.4. The fourth-order valence-electron chi connectivity index (χ4n) is 2.87. The van der Waals surface area contributed by atoms with E-state index < -0.39 is 0 Å². The summed E-state index contributed by atoms with van der Waals surface area (Å²) in [5.74, 6) is 7.52. The van der Waals surface area contributed by atoms with E-state index in [4.69, 9.17) is 8.83 Å². The lowest BCUT2D eigenvalue weighted by atomic mass is 10.0. The zero-order valence-corrected chi connectivity index (χ0v) is 14.0. The number of rotatable bonds is 1. The van der Waals surface area contributed by atoms with Crippen LogP contribution in [0.15, 0.2) is 68.2 Å². The van der Waals surface area contributed by atoms with Crippen molar-refractivity contribution in [3.05, 3.63) is 81.9 Å². The van der Waals surface area contributed by atoms with Gasteiger partial charge in [0.25, 0.3) is 0 Å². The van der Waals surface area contributed by atoms with E-state index in [0.29, 0.717) is 11.2 Å². The van der Waals surface area contributed by atoms with Crippen LogP contribution in [0.25, 0.3) is 21.9 Å². The van der Waals surface area contributed by atoms with Gasteiger partial charge in [-0.15, -0.1) is 0 Å². The summed E-state index contributed by atoms with van der Waals surface area (Å²) in [6, 6.07) is 16.8. The van der Waals surface area contributed by atoms with Crippen LogP contribution in [0, 0.1) is 11.8 Å². The lowest BCUT2D eigenvalue weighted by molar-refractivity contribution is 0.518. The Labute approximate surface area is 144 Å². The first-order chi connectivity index (χ1) is 12.1. The Kier molecular flexibility index (Phi) is 3.66. The van der Waals surface area contributed by atoms with Gasteiger partial charge in [-0.05, 0) is 24.3 Å². The number of hydrogen-bond acceptors (Lipinski definition) is 3. The van der Waals surface area contributed by atoms with Crippen molar-refractivity contribution in [3.63, 3.8) is 0 Å². The molecule has 4 rings (SSSR count). The Hall–Kier alpha value is -3.25. The minimum atomic E-state index is -0.369. The molecule has 2 heterocycles. The Bertz CT molecular complexity index is 1180. The highest BCUT2D eigenvalue weighted by Crippen LogP contribution is 2.33. The fraction of sp³-hybridized carbons (Fsp3) is 0.136. The Morgan fingerprint density at radius 2 is 1.68 bits per heavy atom. The molecular formula is C22H16O3. The van der Waals surface area contributed by atoms with Crippen LogP contribution in [0.4, 0.5) is 0 Å². The van der Waals surface area contributed by atoms with Crippen LogP contribution in [-0.2, 0) is 0 Å². The first kappa shape index (κ1) is 15.3. The molecule has 0 unspecified atom stereocenters. The molecule has 0 aliphatic carbocycles. The highest BCUT2D eigenvalue weighted by molar-refractivity contribution is 5.96. The minimum absolute atomic E-state index is 0.197. The molecule has 3 heteroatoms. The molecule has 0 N–H and O–H groups in total. The molecule has 0 aliphatic heterocycles. The highest BCUT2D eigenvalue weighted by atomic mass is 16.4. The third-order valence-electron chi connectivity index (χ3n) is 4.09. The molecule has 0 atom stereocenters. The minimum Gasteiger partial charge on any atom is -0.459 e. The molecule has 0 amide bonds. The molecule has 25 heavy (non-hydrogen) atoms. The molecule has 0 aliphatic rings. The van der Waals surface area contributed by atoms with Crippen molar-refractivity contribution in [2.24, 2.45) is 0 Å². The summed E-state index contributed by atoms with van der Waals surface area (Å²) in [6.45, 7) is 4.15. The number of furan rings is 1. The molecule has 0 radical (unpaired) electrons. The maximum absolute atomic E-state index is 11.4. The molecule has 0 bridgehead atoms. The van der Waals surface area contributed by atoms with Crippen molar-refractivity contribution in [3.8, 4) is 11.8 Å². The monoisotopic (exact) mass is 328 g/mol. The first-order valence-corrected chi connectivity index (χ1v) is 8.19. The SMILES string of the molecule is CC(C)c1oc2cc3oc(=O)ccc3cc2c1C#Cc1ccccc1. The van der Waals surface area contributed by atoms with Gasteiger partial charge < -0.3 is 8.83 Å². The zero-order chi connectivity index (χ0) is 17.4. The van der Waals surface area contributed by atoms with E-state index in [2.05, 4.69) is 25.7 Å². The van der Waals surface area contributed by atoms with E-state index in [0.717, 1.165) is 27.7 Å². The van der Waals surface area contributed by atoms with Crippen LogP contribution in [0.3, 0.4) is 0 Å². The maximum Gasteiger partial charge on any atom is 0.336 e.